The predicted molar refractivity (Wildman–Crippen MR) is 220 cm³/mol. The average Bonchev–Trinajstić information content (AvgIpc) is 3.45. The zero-order valence-corrected chi connectivity index (χ0v) is 31.3. The Morgan fingerprint density at radius 2 is 1.22 bits per heavy atom. The van der Waals surface area contributed by atoms with E-state index in [0.29, 0.717) is 24.5 Å². The van der Waals surface area contributed by atoms with Crippen molar-refractivity contribution in [2.24, 2.45) is 9.98 Å². The number of carbonyl (C=O) groups is 2. The number of hydrogen-bond acceptors (Lipinski definition) is 6. The van der Waals surface area contributed by atoms with E-state index in [-0.39, 0.29) is 18.1 Å². The molecule has 0 atom stereocenters. The lowest BCUT2D eigenvalue weighted by atomic mass is 9.99. The van der Waals surface area contributed by atoms with Crippen molar-refractivity contribution >= 4 is 40.2 Å². The molecule has 7 nitrogen and oxygen atoms in total. The van der Waals surface area contributed by atoms with Crippen LogP contribution in [0.3, 0.4) is 0 Å². The van der Waals surface area contributed by atoms with Gasteiger partial charge in [-0.15, -0.1) is 0 Å². The Bertz CT molecular complexity index is 2540. The van der Waals surface area contributed by atoms with E-state index < -0.39 is 0 Å². The van der Waals surface area contributed by atoms with Crippen molar-refractivity contribution in [1.29, 1.82) is 0 Å². The zero-order chi connectivity index (χ0) is 38.3. The fraction of sp³-hybridized carbons (Fsp3) is 0.146. The van der Waals surface area contributed by atoms with Gasteiger partial charge < -0.3 is 10.1 Å². The Morgan fingerprint density at radius 3 is 2.00 bits per heavy atom. The molecule has 7 heteroatoms. The molecule has 2 aliphatic heterocycles. The minimum atomic E-state index is -0.0541. The van der Waals surface area contributed by atoms with Crippen molar-refractivity contribution in [3.63, 3.8) is 0 Å². The number of Topliss-reactive ketones (excluding diaryl/α,β-unsaturated/α-hetero) is 1. The molecule has 270 valence electrons. The minimum Gasteiger partial charge on any atom is -0.439 e. The summed E-state index contributed by atoms with van der Waals surface area (Å²) in [5.41, 5.74) is 13.3. The van der Waals surface area contributed by atoms with Gasteiger partial charge in [-0.2, -0.15) is 0 Å². The molecule has 1 N–H and O–H groups in total. The van der Waals surface area contributed by atoms with Gasteiger partial charge in [0.05, 0.1) is 34.9 Å². The summed E-state index contributed by atoms with van der Waals surface area (Å²) in [4.78, 5) is 38.7. The lowest BCUT2D eigenvalue weighted by Crippen LogP contribution is -2.15. The molecular weight excluding hydrogens is 681 g/mol. The van der Waals surface area contributed by atoms with Crippen LogP contribution in [0, 0.1) is 39.5 Å². The van der Waals surface area contributed by atoms with Crippen LogP contribution in [0.5, 0.6) is 11.6 Å². The van der Waals surface area contributed by atoms with E-state index >= 15 is 0 Å². The molecule has 0 saturated carbocycles. The molecule has 1 amide bonds. The molecule has 0 radical (unpaired) electrons. The Hall–Kier alpha value is -6.91. The summed E-state index contributed by atoms with van der Waals surface area (Å²) in [6.07, 6.45) is 2.67. The monoisotopic (exact) mass is 720 g/mol. The van der Waals surface area contributed by atoms with E-state index in [1.165, 1.54) is 11.1 Å². The maximum absolute atomic E-state index is 12.5. The van der Waals surface area contributed by atoms with Gasteiger partial charge in [0, 0.05) is 41.8 Å². The Balaban J connectivity index is 0.000000169. The van der Waals surface area contributed by atoms with E-state index in [4.69, 9.17) is 14.7 Å². The number of benzene rings is 5. The number of amides is 1. The van der Waals surface area contributed by atoms with Crippen LogP contribution in [0.4, 0.5) is 17.1 Å². The summed E-state index contributed by atoms with van der Waals surface area (Å²) < 4.78 is 5.82. The quantitative estimate of drug-likeness (QED) is 0.184. The summed E-state index contributed by atoms with van der Waals surface area (Å²) in [6, 6.07) is 39.1. The van der Waals surface area contributed by atoms with Gasteiger partial charge in [-0.1, -0.05) is 66.4 Å². The molecule has 2 aliphatic rings. The smallest absolute Gasteiger partial charge is 0.230 e. The maximum Gasteiger partial charge on any atom is 0.230 e. The summed E-state index contributed by atoms with van der Waals surface area (Å²) in [6.45, 7) is 8.22. The third-order valence-corrected chi connectivity index (χ3v) is 9.52. The second kappa shape index (κ2) is 16.4. The Kier molecular flexibility index (Phi) is 10.9. The number of pyridine rings is 1. The number of ether oxygens (including phenoxy) is 1. The van der Waals surface area contributed by atoms with Gasteiger partial charge in [0.1, 0.15) is 11.5 Å². The third kappa shape index (κ3) is 9.19. The number of aromatic nitrogens is 1. The highest BCUT2D eigenvalue weighted by atomic mass is 16.5. The minimum absolute atomic E-state index is 0.0541. The van der Waals surface area contributed by atoms with Crippen molar-refractivity contribution in [3.8, 4) is 23.5 Å². The maximum atomic E-state index is 12.5. The second-order valence-electron chi connectivity index (χ2n) is 13.7. The molecule has 0 spiro atoms. The molecular formula is C48H40N4O3. The predicted octanol–water partition coefficient (Wildman–Crippen LogP) is 10.3. The van der Waals surface area contributed by atoms with Gasteiger partial charge in [-0.05, 0) is 122 Å². The molecule has 0 bridgehead atoms. The molecule has 8 rings (SSSR count). The normalized spacial score (nSPS) is 13.2. The largest absolute Gasteiger partial charge is 0.439 e. The van der Waals surface area contributed by atoms with Crippen molar-refractivity contribution < 1.29 is 14.3 Å². The Morgan fingerprint density at radius 1 is 0.582 bits per heavy atom. The van der Waals surface area contributed by atoms with E-state index in [2.05, 4.69) is 55.0 Å². The highest BCUT2D eigenvalue weighted by molar-refractivity contribution is 6.17. The van der Waals surface area contributed by atoms with E-state index in [1.807, 2.05) is 110 Å². The van der Waals surface area contributed by atoms with Crippen LogP contribution in [0.15, 0.2) is 138 Å². The third-order valence-electron chi connectivity index (χ3n) is 9.52. The van der Waals surface area contributed by atoms with E-state index in [0.717, 1.165) is 67.4 Å². The number of ketones is 1. The van der Waals surface area contributed by atoms with Crippen molar-refractivity contribution in [1.82, 2.24) is 4.98 Å². The van der Waals surface area contributed by atoms with Crippen LogP contribution in [-0.2, 0) is 16.0 Å². The summed E-state index contributed by atoms with van der Waals surface area (Å²) in [5, 5.41) is 2.97. The van der Waals surface area contributed by atoms with Crippen LogP contribution in [-0.4, -0.2) is 28.1 Å². The molecule has 55 heavy (non-hydrogen) atoms. The fourth-order valence-electron chi connectivity index (χ4n) is 6.32. The molecule has 0 aliphatic carbocycles. The van der Waals surface area contributed by atoms with Crippen LogP contribution in [0.2, 0.25) is 0 Å². The lowest BCUT2D eigenvalue weighted by molar-refractivity contribution is -0.117. The van der Waals surface area contributed by atoms with Crippen molar-refractivity contribution in [3.05, 3.63) is 178 Å². The summed E-state index contributed by atoms with van der Waals surface area (Å²) in [5.74, 6) is 7.69. The van der Waals surface area contributed by atoms with Gasteiger partial charge in [0.25, 0.3) is 0 Å². The average molecular weight is 721 g/mol. The van der Waals surface area contributed by atoms with Gasteiger partial charge in [0.15, 0.2) is 0 Å². The second-order valence-corrected chi connectivity index (χ2v) is 13.7. The van der Waals surface area contributed by atoms with Crippen LogP contribution >= 0.6 is 0 Å². The molecule has 0 fully saturated rings. The number of anilines is 1. The van der Waals surface area contributed by atoms with E-state index in [9.17, 15) is 9.59 Å². The first-order valence-corrected chi connectivity index (χ1v) is 18.2. The number of nitrogens with one attached hydrogen (secondary N) is 1. The lowest BCUT2D eigenvalue weighted by Gasteiger charge is -2.09. The first kappa shape index (κ1) is 36.4. The molecule has 6 aromatic rings. The summed E-state index contributed by atoms with van der Waals surface area (Å²) >= 11 is 0. The highest BCUT2D eigenvalue weighted by Gasteiger charge is 2.20. The van der Waals surface area contributed by atoms with Crippen molar-refractivity contribution in [2.75, 3.05) is 5.32 Å². The number of aliphatic imine (C=N–C) groups is 2. The molecule has 3 heterocycles. The molecule has 0 saturated heterocycles. The molecule has 0 unspecified atom stereocenters. The standard InChI is InChI=1S/C25H20N2O.C23H20N2O2/c1-17-13-23-24(14-18(17)2)27-25(28)16-22(26-23)21-10-6-9-20(15-21)12-11-19-7-4-3-5-8-19;1-15-10-18-12-19(26)14-22(25-21(18)11-16(15)2)17-6-5-7-20(13-17)27-23-8-3-4-9-24-23/h3-10,13-15H,16H2,1-2H3,(H,27,28);3-11,13H,12,14H2,1-2H3. The number of rotatable bonds is 4. The van der Waals surface area contributed by atoms with Crippen LogP contribution in [0.25, 0.3) is 0 Å². The number of hydrogen-bond donors (Lipinski definition) is 1. The molecule has 1 aromatic heterocycles. The highest BCUT2D eigenvalue weighted by Crippen LogP contribution is 2.33. The number of fused-ring (bicyclic) bond motifs is 2. The SMILES string of the molecule is Cc1cc2c(cc1C)N=C(c1cccc(Oc3ccccn3)c1)CC(=O)C2.Cc1cc2c(cc1C)NC(=O)CC(c1cccc(C#Cc3ccccc3)c1)=N2. The fourth-order valence-corrected chi connectivity index (χ4v) is 6.32. The Labute approximate surface area is 321 Å². The van der Waals surface area contributed by atoms with Gasteiger partial charge in [0.2, 0.25) is 11.8 Å². The topological polar surface area (TPSA) is 93.0 Å². The first-order chi connectivity index (χ1) is 26.7. The van der Waals surface area contributed by atoms with Gasteiger partial charge in [-0.3, -0.25) is 19.6 Å². The van der Waals surface area contributed by atoms with Gasteiger partial charge >= 0.3 is 0 Å². The number of nitrogens with zero attached hydrogens (tertiary/aromatic N) is 3. The van der Waals surface area contributed by atoms with Crippen molar-refractivity contribution in [2.45, 2.75) is 47.0 Å². The zero-order valence-electron chi connectivity index (χ0n) is 31.3. The number of carbonyl (C=O) groups excluding carboxylic acids is 2. The first-order valence-electron chi connectivity index (χ1n) is 18.2. The summed E-state index contributed by atoms with van der Waals surface area (Å²) in [7, 11) is 0. The van der Waals surface area contributed by atoms with E-state index in [1.54, 1.807) is 12.3 Å². The van der Waals surface area contributed by atoms with Crippen LogP contribution in [0.1, 0.15) is 62.9 Å². The molecule has 5 aromatic carbocycles. The van der Waals surface area contributed by atoms with Crippen LogP contribution < -0.4 is 10.1 Å². The van der Waals surface area contributed by atoms with Gasteiger partial charge in [-0.25, -0.2) is 4.98 Å². The number of aryl methyl sites for hydroxylation is 4.